The monoisotopic (exact) mass is 290 g/mol. The number of hydrogen-bond acceptors (Lipinski definition) is 5. The molecule has 1 heterocycles. The maximum Gasteiger partial charge on any atom is 0.250 e. The van der Waals surface area contributed by atoms with Crippen molar-refractivity contribution in [3.05, 3.63) is 65.9 Å². The summed E-state index contributed by atoms with van der Waals surface area (Å²) in [5, 5.41) is 9.18. The summed E-state index contributed by atoms with van der Waals surface area (Å²) >= 11 is 0. The fraction of sp³-hybridized carbons (Fsp3) is 0.0588. The zero-order valence-corrected chi connectivity index (χ0v) is 12.0. The van der Waals surface area contributed by atoms with Crippen LogP contribution in [0.25, 0.3) is 11.5 Å². The highest BCUT2D eigenvalue weighted by molar-refractivity contribution is 5.60. The Hall–Kier alpha value is -3.26. The third-order valence-corrected chi connectivity index (χ3v) is 3.13. The van der Waals surface area contributed by atoms with Crippen LogP contribution in [0, 0.1) is 18.3 Å². The van der Waals surface area contributed by atoms with Crippen molar-refractivity contribution in [3.63, 3.8) is 0 Å². The van der Waals surface area contributed by atoms with Gasteiger partial charge < -0.3 is 4.42 Å². The number of benzene rings is 2. The predicted molar refractivity (Wildman–Crippen MR) is 85.1 cm³/mol. The summed E-state index contributed by atoms with van der Waals surface area (Å²) in [6.45, 7) is 2.01. The van der Waals surface area contributed by atoms with Crippen molar-refractivity contribution in [1.29, 1.82) is 5.26 Å². The van der Waals surface area contributed by atoms with Crippen molar-refractivity contribution in [2.45, 2.75) is 6.92 Å². The minimum absolute atomic E-state index is 0.207. The fourth-order valence-electron chi connectivity index (χ4n) is 1.95. The van der Waals surface area contributed by atoms with Crippen LogP contribution in [0.15, 0.2) is 59.0 Å². The number of aromatic nitrogens is 1. The number of oxazole rings is 1. The molecule has 5 nitrogen and oxygen atoms in total. The second kappa shape index (κ2) is 6.02. The molecule has 0 amide bonds. The number of nitrogens with one attached hydrogen (secondary N) is 2. The predicted octanol–water partition coefficient (Wildman–Crippen LogP) is 3.96. The van der Waals surface area contributed by atoms with Crippen molar-refractivity contribution in [2.75, 3.05) is 10.9 Å². The van der Waals surface area contributed by atoms with Gasteiger partial charge in [-0.1, -0.05) is 35.9 Å². The van der Waals surface area contributed by atoms with Crippen LogP contribution in [0.1, 0.15) is 11.3 Å². The Bertz CT molecular complexity index is 801. The van der Waals surface area contributed by atoms with Gasteiger partial charge in [0.1, 0.15) is 6.07 Å². The first-order valence-electron chi connectivity index (χ1n) is 6.81. The van der Waals surface area contributed by atoms with Gasteiger partial charge in [0.05, 0.1) is 5.69 Å². The third-order valence-electron chi connectivity index (χ3n) is 3.13. The molecule has 3 rings (SSSR count). The minimum Gasteiger partial charge on any atom is -0.417 e. The Kier molecular flexibility index (Phi) is 3.75. The largest absolute Gasteiger partial charge is 0.417 e. The van der Waals surface area contributed by atoms with Crippen molar-refractivity contribution < 1.29 is 4.42 Å². The zero-order chi connectivity index (χ0) is 15.4. The zero-order valence-electron chi connectivity index (χ0n) is 12.0. The second-order valence-corrected chi connectivity index (χ2v) is 4.79. The summed E-state index contributed by atoms with van der Waals surface area (Å²) in [6.07, 6.45) is 0. The summed E-state index contributed by atoms with van der Waals surface area (Å²) in [5.74, 6) is 0.704. The molecule has 2 N–H and O–H groups in total. The summed E-state index contributed by atoms with van der Waals surface area (Å²) in [4.78, 5) is 4.21. The molecule has 3 aromatic rings. The highest BCUT2D eigenvalue weighted by Crippen LogP contribution is 2.25. The summed E-state index contributed by atoms with van der Waals surface area (Å²) in [7, 11) is 0. The van der Waals surface area contributed by atoms with Gasteiger partial charge in [0.25, 0.3) is 5.88 Å². The van der Waals surface area contributed by atoms with Crippen LogP contribution in [0.5, 0.6) is 0 Å². The molecular weight excluding hydrogens is 276 g/mol. The van der Waals surface area contributed by atoms with E-state index < -0.39 is 0 Å². The first-order chi connectivity index (χ1) is 10.8. The maximum absolute atomic E-state index is 9.18. The van der Waals surface area contributed by atoms with Crippen LogP contribution >= 0.6 is 0 Å². The standard InChI is InChI=1S/C17H14N4O/c1-12-7-9-13(10-8-12)16-19-15(11-18)17(22-16)21-20-14-5-3-2-4-6-14/h2-10,20-21H,1H3. The van der Waals surface area contributed by atoms with Gasteiger partial charge in [-0.05, 0) is 31.2 Å². The SMILES string of the molecule is Cc1ccc(-c2nc(C#N)c(NNc3ccccc3)o2)cc1. The lowest BCUT2D eigenvalue weighted by Gasteiger charge is -2.06. The number of nitriles is 1. The Morgan fingerprint density at radius 1 is 1.00 bits per heavy atom. The van der Waals surface area contributed by atoms with Crippen LogP contribution in [0.2, 0.25) is 0 Å². The number of nitrogens with zero attached hydrogens (tertiary/aromatic N) is 2. The van der Waals surface area contributed by atoms with Gasteiger partial charge in [0.15, 0.2) is 0 Å². The van der Waals surface area contributed by atoms with E-state index in [9.17, 15) is 5.26 Å². The molecule has 0 aliphatic rings. The van der Waals surface area contributed by atoms with Crippen molar-refractivity contribution in [1.82, 2.24) is 4.98 Å². The normalized spacial score (nSPS) is 10.0. The van der Waals surface area contributed by atoms with Crippen LogP contribution in [-0.4, -0.2) is 4.98 Å². The van der Waals surface area contributed by atoms with Gasteiger partial charge in [-0.3, -0.25) is 10.9 Å². The maximum atomic E-state index is 9.18. The van der Waals surface area contributed by atoms with Crippen LogP contribution in [0.4, 0.5) is 11.6 Å². The van der Waals surface area contributed by atoms with Crippen molar-refractivity contribution >= 4 is 11.6 Å². The molecule has 0 fully saturated rings. The molecule has 0 aliphatic heterocycles. The molecule has 1 aromatic heterocycles. The van der Waals surface area contributed by atoms with Crippen molar-refractivity contribution in [2.24, 2.45) is 0 Å². The van der Waals surface area contributed by atoms with Gasteiger partial charge in [-0.25, -0.2) is 0 Å². The highest BCUT2D eigenvalue weighted by atomic mass is 16.4. The molecule has 108 valence electrons. The molecule has 5 heteroatoms. The van der Waals surface area contributed by atoms with Crippen molar-refractivity contribution in [3.8, 4) is 17.5 Å². The van der Waals surface area contributed by atoms with E-state index in [1.54, 1.807) is 0 Å². The molecule has 22 heavy (non-hydrogen) atoms. The Labute approximate surface area is 128 Å². The van der Waals surface area contributed by atoms with Gasteiger partial charge in [0, 0.05) is 5.56 Å². The third kappa shape index (κ3) is 2.91. The topological polar surface area (TPSA) is 73.9 Å². The fourth-order valence-corrected chi connectivity index (χ4v) is 1.95. The number of anilines is 2. The van der Waals surface area contributed by atoms with Crippen LogP contribution in [-0.2, 0) is 0 Å². The number of hydrogen-bond donors (Lipinski definition) is 2. The Morgan fingerprint density at radius 3 is 2.41 bits per heavy atom. The highest BCUT2D eigenvalue weighted by Gasteiger charge is 2.14. The van der Waals surface area contributed by atoms with E-state index in [0.717, 1.165) is 16.8 Å². The smallest absolute Gasteiger partial charge is 0.250 e. The summed E-state index contributed by atoms with van der Waals surface area (Å²) in [5.41, 5.74) is 8.90. The van der Waals surface area contributed by atoms with Gasteiger partial charge in [-0.15, -0.1) is 0 Å². The number of hydrazine groups is 1. The second-order valence-electron chi connectivity index (χ2n) is 4.79. The van der Waals surface area contributed by atoms with Crippen LogP contribution < -0.4 is 10.9 Å². The lowest BCUT2D eigenvalue weighted by Crippen LogP contribution is -2.08. The number of rotatable bonds is 4. The molecule has 0 saturated heterocycles. The molecular formula is C17H14N4O. The molecule has 0 bridgehead atoms. The summed E-state index contributed by atoms with van der Waals surface area (Å²) in [6, 6.07) is 19.3. The minimum atomic E-state index is 0.207. The first kappa shape index (κ1) is 13.7. The van der Waals surface area contributed by atoms with Crippen LogP contribution in [0.3, 0.4) is 0 Å². The molecule has 0 unspecified atom stereocenters. The van der Waals surface area contributed by atoms with E-state index in [2.05, 4.69) is 15.8 Å². The lowest BCUT2D eigenvalue weighted by atomic mass is 10.1. The van der Waals surface area contributed by atoms with Gasteiger partial charge >= 0.3 is 0 Å². The number of para-hydroxylation sites is 1. The van der Waals surface area contributed by atoms with E-state index >= 15 is 0 Å². The molecule has 0 atom stereocenters. The molecule has 2 aromatic carbocycles. The Morgan fingerprint density at radius 2 is 1.73 bits per heavy atom. The quantitative estimate of drug-likeness (QED) is 0.711. The lowest BCUT2D eigenvalue weighted by molar-refractivity contribution is 0.589. The van der Waals surface area contributed by atoms with E-state index in [1.165, 1.54) is 0 Å². The average Bonchev–Trinajstić information content (AvgIpc) is 2.98. The summed E-state index contributed by atoms with van der Waals surface area (Å²) < 4.78 is 5.65. The van der Waals surface area contributed by atoms with Gasteiger partial charge in [0.2, 0.25) is 11.6 Å². The Balaban J connectivity index is 1.83. The van der Waals surface area contributed by atoms with E-state index in [4.69, 9.17) is 4.42 Å². The molecule has 0 aliphatic carbocycles. The van der Waals surface area contributed by atoms with E-state index in [0.29, 0.717) is 11.8 Å². The molecule has 0 spiro atoms. The molecule has 0 saturated carbocycles. The average molecular weight is 290 g/mol. The van der Waals surface area contributed by atoms with Gasteiger partial charge in [-0.2, -0.15) is 10.2 Å². The first-order valence-corrected chi connectivity index (χ1v) is 6.81. The molecule has 0 radical (unpaired) electrons. The van der Waals surface area contributed by atoms with E-state index in [-0.39, 0.29) is 5.69 Å². The van der Waals surface area contributed by atoms with E-state index in [1.807, 2.05) is 67.6 Å². The number of aryl methyl sites for hydroxylation is 1.